The van der Waals surface area contributed by atoms with E-state index in [9.17, 15) is 8.78 Å². The van der Waals surface area contributed by atoms with Gasteiger partial charge in [-0.3, -0.25) is 0 Å². The molecular formula is C11H10F2N2O2. The van der Waals surface area contributed by atoms with Crippen molar-refractivity contribution in [3.8, 4) is 11.8 Å². The van der Waals surface area contributed by atoms with Gasteiger partial charge in [-0.05, 0) is 19.2 Å². The zero-order chi connectivity index (χ0) is 12.3. The summed E-state index contributed by atoms with van der Waals surface area (Å²) < 4.78 is 35.7. The lowest BCUT2D eigenvalue weighted by Crippen LogP contribution is -2.04. The van der Waals surface area contributed by atoms with Crippen LogP contribution in [-0.4, -0.2) is 12.0 Å². The monoisotopic (exact) mass is 240 g/mol. The molecule has 0 bridgehead atoms. The maximum Gasteiger partial charge on any atom is 0.399 e. The van der Waals surface area contributed by atoms with Crippen LogP contribution in [0.2, 0.25) is 0 Å². The summed E-state index contributed by atoms with van der Waals surface area (Å²) in [6, 6.07) is 3.19. The Balaban J connectivity index is 2.11. The number of nitrogens with zero attached hydrogens (tertiary/aromatic N) is 1. The molecule has 1 aromatic carbocycles. The lowest BCUT2D eigenvalue weighted by molar-refractivity contribution is 0.328. The minimum Gasteiger partial charge on any atom is -0.417 e. The Morgan fingerprint density at radius 2 is 2.18 bits per heavy atom. The van der Waals surface area contributed by atoms with Gasteiger partial charge in [0.25, 0.3) is 0 Å². The normalized spacial score (nSPS) is 10.5. The molecule has 0 spiro atoms. The lowest BCUT2D eigenvalue weighted by Gasteiger charge is -2.00. The molecule has 2 aromatic rings. The maximum absolute atomic E-state index is 12.9. The van der Waals surface area contributed by atoms with Gasteiger partial charge in [0.05, 0.1) is 5.69 Å². The van der Waals surface area contributed by atoms with Crippen molar-refractivity contribution in [2.45, 2.75) is 6.54 Å². The first-order chi connectivity index (χ1) is 8.19. The van der Waals surface area contributed by atoms with Crippen molar-refractivity contribution in [3.05, 3.63) is 41.8 Å². The maximum atomic E-state index is 12.9. The summed E-state index contributed by atoms with van der Waals surface area (Å²) in [6.07, 6.45) is 1.41. The second-order valence-corrected chi connectivity index (χ2v) is 3.31. The molecule has 6 heteroatoms. The number of benzene rings is 1. The molecule has 0 radical (unpaired) electrons. The first-order valence-electron chi connectivity index (χ1n) is 4.91. The predicted molar refractivity (Wildman–Crippen MR) is 55.7 cm³/mol. The smallest absolute Gasteiger partial charge is 0.399 e. The third-order valence-electron chi connectivity index (χ3n) is 1.98. The summed E-state index contributed by atoms with van der Waals surface area (Å²) in [5.41, 5.74) is 0.657. The van der Waals surface area contributed by atoms with E-state index in [0.717, 1.165) is 12.1 Å². The number of oxazole rings is 1. The number of halogens is 2. The number of hydrogen-bond donors (Lipinski definition) is 1. The quantitative estimate of drug-likeness (QED) is 0.891. The minimum absolute atomic E-state index is 0.0127. The molecule has 1 aromatic heterocycles. The Bertz CT molecular complexity index is 514. The van der Waals surface area contributed by atoms with Crippen LogP contribution in [0.5, 0.6) is 11.8 Å². The van der Waals surface area contributed by atoms with E-state index in [4.69, 9.17) is 9.15 Å². The van der Waals surface area contributed by atoms with Crippen molar-refractivity contribution in [2.24, 2.45) is 0 Å². The van der Waals surface area contributed by atoms with Crippen LogP contribution in [0.4, 0.5) is 8.78 Å². The van der Waals surface area contributed by atoms with Gasteiger partial charge in [-0.2, -0.15) is 4.98 Å². The number of aromatic nitrogens is 1. The van der Waals surface area contributed by atoms with Crippen molar-refractivity contribution in [3.63, 3.8) is 0 Å². The fourth-order valence-electron chi connectivity index (χ4n) is 1.24. The molecule has 0 fully saturated rings. The van der Waals surface area contributed by atoms with Crippen LogP contribution < -0.4 is 10.1 Å². The third kappa shape index (κ3) is 2.79. The molecule has 0 saturated carbocycles. The van der Waals surface area contributed by atoms with Crippen LogP contribution in [0.25, 0.3) is 0 Å². The van der Waals surface area contributed by atoms with Crippen molar-refractivity contribution >= 4 is 0 Å². The highest BCUT2D eigenvalue weighted by atomic mass is 19.2. The average molecular weight is 240 g/mol. The Hall–Kier alpha value is -1.95. The highest BCUT2D eigenvalue weighted by Crippen LogP contribution is 2.22. The predicted octanol–water partition coefficient (Wildman–Crippen LogP) is 2.46. The van der Waals surface area contributed by atoms with Gasteiger partial charge in [0.2, 0.25) is 0 Å². The van der Waals surface area contributed by atoms with Gasteiger partial charge in [0.1, 0.15) is 12.0 Å². The highest BCUT2D eigenvalue weighted by Gasteiger charge is 2.08. The van der Waals surface area contributed by atoms with Gasteiger partial charge < -0.3 is 14.5 Å². The average Bonchev–Trinajstić information content (AvgIpc) is 2.72. The van der Waals surface area contributed by atoms with Crippen molar-refractivity contribution in [2.75, 3.05) is 7.05 Å². The van der Waals surface area contributed by atoms with E-state index < -0.39 is 11.6 Å². The van der Waals surface area contributed by atoms with Crippen LogP contribution in [-0.2, 0) is 6.54 Å². The summed E-state index contributed by atoms with van der Waals surface area (Å²) in [7, 11) is 1.77. The molecule has 0 aliphatic heterocycles. The highest BCUT2D eigenvalue weighted by molar-refractivity contribution is 5.25. The van der Waals surface area contributed by atoms with Crippen LogP contribution in [0.3, 0.4) is 0 Å². The van der Waals surface area contributed by atoms with E-state index in [2.05, 4.69) is 10.3 Å². The van der Waals surface area contributed by atoms with Gasteiger partial charge >= 0.3 is 6.08 Å². The van der Waals surface area contributed by atoms with Gasteiger partial charge in [0.15, 0.2) is 11.6 Å². The summed E-state index contributed by atoms with van der Waals surface area (Å²) in [5, 5.41) is 2.89. The lowest BCUT2D eigenvalue weighted by atomic mass is 10.3. The largest absolute Gasteiger partial charge is 0.417 e. The molecule has 90 valence electrons. The first-order valence-corrected chi connectivity index (χ1v) is 4.91. The second-order valence-electron chi connectivity index (χ2n) is 3.31. The molecule has 0 amide bonds. The molecule has 0 aliphatic rings. The van der Waals surface area contributed by atoms with E-state index >= 15 is 0 Å². The molecule has 0 saturated heterocycles. The fraction of sp³-hybridized carbons (Fsp3) is 0.182. The molecule has 1 heterocycles. The molecule has 0 aliphatic carbocycles. The SMILES string of the molecule is CNCc1coc(Oc2ccc(F)c(F)c2)n1. The summed E-state index contributed by atoms with van der Waals surface area (Å²) >= 11 is 0. The zero-order valence-corrected chi connectivity index (χ0v) is 9.04. The Kier molecular flexibility index (Phi) is 3.34. The summed E-state index contributed by atoms with van der Waals surface area (Å²) in [5.74, 6) is -1.79. The van der Waals surface area contributed by atoms with Gasteiger partial charge in [-0.1, -0.05) is 0 Å². The molecule has 4 nitrogen and oxygen atoms in total. The Labute approximate surface area is 96.2 Å². The number of hydrogen-bond acceptors (Lipinski definition) is 4. The van der Waals surface area contributed by atoms with E-state index in [1.807, 2.05) is 0 Å². The molecule has 1 N–H and O–H groups in total. The number of rotatable bonds is 4. The van der Waals surface area contributed by atoms with E-state index in [0.29, 0.717) is 12.2 Å². The molecule has 0 atom stereocenters. The van der Waals surface area contributed by atoms with Crippen molar-refractivity contribution < 1.29 is 17.9 Å². The summed E-state index contributed by atoms with van der Waals surface area (Å²) in [6.45, 7) is 0.532. The number of ether oxygens (including phenoxy) is 1. The molecular weight excluding hydrogens is 230 g/mol. The first kappa shape index (κ1) is 11.5. The van der Waals surface area contributed by atoms with Gasteiger partial charge in [0, 0.05) is 12.6 Å². The second kappa shape index (κ2) is 4.92. The van der Waals surface area contributed by atoms with E-state index in [-0.39, 0.29) is 11.8 Å². The summed E-state index contributed by atoms with van der Waals surface area (Å²) in [4.78, 5) is 3.98. The topological polar surface area (TPSA) is 47.3 Å². The van der Waals surface area contributed by atoms with Gasteiger partial charge in [-0.15, -0.1) is 0 Å². The third-order valence-corrected chi connectivity index (χ3v) is 1.98. The molecule has 0 unspecified atom stereocenters. The van der Waals surface area contributed by atoms with Gasteiger partial charge in [-0.25, -0.2) is 8.78 Å². The van der Waals surface area contributed by atoms with E-state index in [1.165, 1.54) is 12.3 Å². The van der Waals surface area contributed by atoms with Crippen LogP contribution in [0, 0.1) is 11.6 Å². The van der Waals surface area contributed by atoms with Crippen molar-refractivity contribution in [1.29, 1.82) is 0 Å². The van der Waals surface area contributed by atoms with Crippen LogP contribution in [0.15, 0.2) is 28.9 Å². The van der Waals surface area contributed by atoms with Crippen LogP contribution >= 0.6 is 0 Å². The van der Waals surface area contributed by atoms with Crippen LogP contribution in [0.1, 0.15) is 5.69 Å². The minimum atomic E-state index is -0.982. The van der Waals surface area contributed by atoms with E-state index in [1.54, 1.807) is 7.05 Å². The Morgan fingerprint density at radius 1 is 1.35 bits per heavy atom. The molecule has 2 rings (SSSR count). The van der Waals surface area contributed by atoms with Crippen molar-refractivity contribution in [1.82, 2.24) is 10.3 Å². The number of nitrogens with one attached hydrogen (secondary N) is 1. The molecule has 17 heavy (non-hydrogen) atoms. The fourth-order valence-corrected chi connectivity index (χ4v) is 1.24. The Morgan fingerprint density at radius 3 is 2.88 bits per heavy atom. The standard InChI is InChI=1S/C11H10F2N2O2/c1-14-5-7-6-16-11(15-7)17-8-2-3-9(12)10(13)4-8/h2-4,6,14H,5H2,1H3. The zero-order valence-electron chi connectivity index (χ0n) is 9.04.